The second-order valence-electron chi connectivity index (χ2n) is 4.58. The van der Waals surface area contributed by atoms with Crippen LogP contribution in [-0.4, -0.2) is 17.6 Å². The largest absolute Gasteiger partial charge is 0.445 e. The number of pyridine rings is 1. The molecule has 1 amide bonds. The van der Waals surface area contributed by atoms with Crippen LogP contribution in [0, 0.1) is 0 Å². The van der Waals surface area contributed by atoms with Gasteiger partial charge < -0.3 is 10.1 Å². The number of halogens is 1. The Morgan fingerprint density at radius 2 is 2.09 bits per heavy atom. The van der Waals surface area contributed by atoms with Crippen molar-refractivity contribution in [3.8, 4) is 0 Å². The number of rotatable bonds is 6. The molecular weight excluding hydrogens is 300 g/mol. The maximum absolute atomic E-state index is 11.5. The Bertz CT molecular complexity index is 630. The minimum atomic E-state index is -0.420. The number of hydrogen-bond donors (Lipinski definition) is 1. The summed E-state index contributed by atoms with van der Waals surface area (Å²) in [6.07, 6.45) is 7.42. The lowest BCUT2D eigenvalue weighted by atomic mass is 10.2. The van der Waals surface area contributed by atoms with Crippen molar-refractivity contribution in [1.82, 2.24) is 10.3 Å². The minimum absolute atomic E-state index is 0.272. The summed E-state index contributed by atoms with van der Waals surface area (Å²) < 4.78 is 5.11. The van der Waals surface area contributed by atoms with Crippen LogP contribution >= 0.6 is 11.6 Å². The standard InChI is InChI=1S/C17H17ClN2O2/c18-16-9-11-19-12-15(16)8-4-5-10-20-17(21)22-13-14-6-2-1-3-7-14/h1-4,6-9,11-12H,5,10,13H2,(H,20,21). The van der Waals surface area contributed by atoms with Crippen LogP contribution in [0.4, 0.5) is 4.79 Å². The molecule has 0 saturated carbocycles. The zero-order valence-corrected chi connectivity index (χ0v) is 12.8. The van der Waals surface area contributed by atoms with E-state index in [-0.39, 0.29) is 6.61 Å². The van der Waals surface area contributed by atoms with E-state index in [1.54, 1.807) is 18.5 Å². The van der Waals surface area contributed by atoms with Crippen molar-refractivity contribution in [3.63, 3.8) is 0 Å². The van der Waals surface area contributed by atoms with Crippen LogP contribution in [-0.2, 0) is 11.3 Å². The van der Waals surface area contributed by atoms with E-state index in [0.29, 0.717) is 18.0 Å². The lowest BCUT2D eigenvalue weighted by Crippen LogP contribution is -2.24. The van der Waals surface area contributed by atoms with E-state index < -0.39 is 6.09 Å². The summed E-state index contributed by atoms with van der Waals surface area (Å²) in [6.45, 7) is 0.774. The minimum Gasteiger partial charge on any atom is -0.445 e. The van der Waals surface area contributed by atoms with E-state index in [1.165, 1.54) is 0 Å². The molecule has 1 aromatic heterocycles. The molecule has 0 aliphatic heterocycles. The Morgan fingerprint density at radius 3 is 2.86 bits per heavy atom. The summed E-state index contributed by atoms with van der Waals surface area (Å²) in [7, 11) is 0. The van der Waals surface area contributed by atoms with E-state index in [2.05, 4.69) is 10.3 Å². The number of ether oxygens (including phenoxy) is 1. The highest BCUT2D eigenvalue weighted by molar-refractivity contribution is 6.32. The summed E-state index contributed by atoms with van der Waals surface area (Å²) in [6, 6.07) is 11.3. The highest BCUT2D eigenvalue weighted by Gasteiger charge is 2.00. The Morgan fingerprint density at radius 1 is 1.27 bits per heavy atom. The molecule has 1 heterocycles. The molecule has 0 aliphatic carbocycles. The number of amides is 1. The van der Waals surface area contributed by atoms with E-state index in [4.69, 9.17) is 16.3 Å². The van der Waals surface area contributed by atoms with Gasteiger partial charge in [0, 0.05) is 24.5 Å². The van der Waals surface area contributed by atoms with Crippen molar-refractivity contribution in [1.29, 1.82) is 0 Å². The van der Waals surface area contributed by atoms with E-state index in [0.717, 1.165) is 11.1 Å². The number of nitrogens with zero attached hydrogens (tertiary/aromatic N) is 1. The zero-order valence-electron chi connectivity index (χ0n) is 12.0. The summed E-state index contributed by atoms with van der Waals surface area (Å²) in [4.78, 5) is 15.5. The molecule has 0 spiro atoms. The van der Waals surface area contributed by atoms with Crippen molar-refractivity contribution in [2.75, 3.05) is 6.54 Å². The second-order valence-corrected chi connectivity index (χ2v) is 4.98. The molecule has 0 fully saturated rings. The van der Waals surface area contributed by atoms with Gasteiger partial charge in [-0.2, -0.15) is 0 Å². The predicted molar refractivity (Wildman–Crippen MR) is 87.5 cm³/mol. The molecule has 1 aromatic carbocycles. The maximum Gasteiger partial charge on any atom is 0.407 e. The van der Waals surface area contributed by atoms with E-state index in [1.807, 2.05) is 42.5 Å². The number of carbonyl (C=O) groups is 1. The molecule has 4 nitrogen and oxygen atoms in total. The van der Waals surface area contributed by atoms with Gasteiger partial charge >= 0.3 is 6.09 Å². The van der Waals surface area contributed by atoms with Gasteiger partial charge in [-0.25, -0.2) is 4.79 Å². The smallest absolute Gasteiger partial charge is 0.407 e. The van der Waals surface area contributed by atoms with E-state index >= 15 is 0 Å². The number of nitrogens with one attached hydrogen (secondary N) is 1. The maximum atomic E-state index is 11.5. The van der Waals surface area contributed by atoms with Crippen LogP contribution in [0.3, 0.4) is 0 Å². The average Bonchev–Trinajstić information content (AvgIpc) is 2.55. The first kappa shape index (κ1) is 16.0. The highest BCUT2D eigenvalue weighted by Crippen LogP contribution is 2.14. The van der Waals surface area contributed by atoms with Gasteiger partial charge in [0.25, 0.3) is 0 Å². The van der Waals surface area contributed by atoms with Gasteiger partial charge in [0.2, 0.25) is 0 Å². The van der Waals surface area contributed by atoms with Crippen molar-refractivity contribution in [3.05, 3.63) is 71.0 Å². The van der Waals surface area contributed by atoms with Gasteiger partial charge in [-0.3, -0.25) is 4.98 Å². The van der Waals surface area contributed by atoms with Crippen molar-refractivity contribution in [2.24, 2.45) is 0 Å². The normalized spacial score (nSPS) is 10.6. The molecule has 114 valence electrons. The van der Waals surface area contributed by atoms with Gasteiger partial charge in [-0.15, -0.1) is 0 Å². The molecule has 0 aliphatic rings. The first-order valence-electron chi connectivity index (χ1n) is 6.96. The Kier molecular flexibility index (Phi) is 6.45. The third-order valence-electron chi connectivity index (χ3n) is 2.89. The molecule has 0 atom stereocenters. The van der Waals surface area contributed by atoms with Crippen LogP contribution in [0.5, 0.6) is 0 Å². The number of aromatic nitrogens is 1. The zero-order chi connectivity index (χ0) is 15.6. The van der Waals surface area contributed by atoms with Gasteiger partial charge in [0.05, 0.1) is 5.02 Å². The average molecular weight is 317 g/mol. The monoisotopic (exact) mass is 316 g/mol. The van der Waals surface area contributed by atoms with Gasteiger partial charge in [-0.05, 0) is 18.1 Å². The van der Waals surface area contributed by atoms with Crippen LogP contribution in [0.1, 0.15) is 17.5 Å². The first-order valence-corrected chi connectivity index (χ1v) is 7.34. The summed E-state index contributed by atoms with van der Waals surface area (Å²) in [5, 5.41) is 3.35. The lowest BCUT2D eigenvalue weighted by Gasteiger charge is -2.05. The SMILES string of the molecule is O=C(NCCC=Cc1cnccc1Cl)OCc1ccccc1. The molecule has 2 aromatic rings. The third kappa shape index (κ3) is 5.58. The predicted octanol–water partition coefficient (Wildman–Crippen LogP) is 4.06. The Labute approximate surface area is 134 Å². The topological polar surface area (TPSA) is 51.2 Å². The number of carbonyl (C=O) groups excluding carboxylic acids is 1. The van der Waals surface area contributed by atoms with Crippen molar-refractivity contribution >= 4 is 23.8 Å². The lowest BCUT2D eigenvalue weighted by molar-refractivity contribution is 0.140. The molecule has 22 heavy (non-hydrogen) atoms. The van der Waals surface area contributed by atoms with Crippen LogP contribution in [0.25, 0.3) is 6.08 Å². The fourth-order valence-electron chi connectivity index (χ4n) is 1.75. The van der Waals surface area contributed by atoms with Crippen LogP contribution < -0.4 is 5.32 Å². The third-order valence-corrected chi connectivity index (χ3v) is 3.23. The summed E-state index contributed by atoms with van der Waals surface area (Å²) >= 11 is 6.01. The highest BCUT2D eigenvalue weighted by atomic mass is 35.5. The summed E-state index contributed by atoms with van der Waals surface area (Å²) in [5.74, 6) is 0. The quantitative estimate of drug-likeness (QED) is 0.817. The first-order chi connectivity index (χ1) is 10.8. The Hall–Kier alpha value is -2.33. The van der Waals surface area contributed by atoms with Crippen molar-refractivity contribution in [2.45, 2.75) is 13.0 Å². The molecular formula is C17H17ClN2O2. The Balaban J connectivity index is 1.64. The molecule has 5 heteroatoms. The molecule has 1 N–H and O–H groups in total. The molecule has 0 radical (unpaired) electrons. The second kappa shape index (κ2) is 8.85. The summed E-state index contributed by atoms with van der Waals surface area (Å²) in [5.41, 5.74) is 1.82. The van der Waals surface area contributed by atoms with Crippen LogP contribution in [0.15, 0.2) is 54.9 Å². The van der Waals surface area contributed by atoms with Gasteiger partial charge in [0.15, 0.2) is 0 Å². The molecule has 0 unspecified atom stereocenters. The number of hydrogen-bond acceptors (Lipinski definition) is 3. The van der Waals surface area contributed by atoms with Gasteiger partial charge in [-0.1, -0.05) is 54.1 Å². The molecule has 0 saturated heterocycles. The fraction of sp³-hybridized carbons (Fsp3) is 0.176. The van der Waals surface area contributed by atoms with Gasteiger partial charge in [0.1, 0.15) is 6.61 Å². The van der Waals surface area contributed by atoms with Crippen molar-refractivity contribution < 1.29 is 9.53 Å². The van der Waals surface area contributed by atoms with E-state index in [9.17, 15) is 4.79 Å². The number of alkyl carbamates (subject to hydrolysis) is 1. The molecule has 2 rings (SSSR count). The van der Waals surface area contributed by atoms with Crippen LogP contribution in [0.2, 0.25) is 5.02 Å². The fourth-order valence-corrected chi connectivity index (χ4v) is 1.92. The number of benzene rings is 1. The molecule has 0 bridgehead atoms.